The largest absolute Gasteiger partial charge is 0.420 e. The molecule has 0 unspecified atom stereocenters. The number of nitrogens with zero attached hydrogens (tertiary/aromatic N) is 2. The summed E-state index contributed by atoms with van der Waals surface area (Å²) in [6.45, 7) is 5.72. The standard InChI is InChI=1S/C12H13FN2O/c1-7(2)11-14-15-12(16-11)10-8(3)5-4-6-9(10)13/h4-7H,1-3H3. The number of hydrogen-bond acceptors (Lipinski definition) is 3. The minimum Gasteiger partial charge on any atom is -0.420 e. The summed E-state index contributed by atoms with van der Waals surface area (Å²) in [5, 5.41) is 7.76. The van der Waals surface area contributed by atoms with Gasteiger partial charge in [-0.25, -0.2) is 4.39 Å². The van der Waals surface area contributed by atoms with Crippen LogP contribution in [0, 0.1) is 12.7 Å². The minimum atomic E-state index is -0.334. The van der Waals surface area contributed by atoms with Gasteiger partial charge in [0.25, 0.3) is 5.89 Å². The van der Waals surface area contributed by atoms with Gasteiger partial charge in [-0.3, -0.25) is 0 Å². The van der Waals surface area contributed by atoms with E-state index in [4.69, 9.17) is 4.42 Å². The number of hydrogen-bond donors (Lipinski definition) is 0. The molecule has 2 aromatic rings. The molecule has 0 fully saturated rings. The van der Waals surface area contributed by atoms with E-state index in [9.17, 15) is 4.39 Å². The monoisotopic (exact) mass is 220 g/mol. The summed E-state index contributed by atoms with van der Waals surface area (Å²) in [4.78, 5) is 0. The number of rotatable bonds is 2. The van der Waals surface area contributed by atoms with Crippen molar-refractivity contribution in [2.45, 2.75) is 26.7 Å². The van der Waals surface area contributed by atoms with Crippen LogP contribution in [0.2, 0.25) is 0 Å². The Balaban J connectivity index is 2.50. The maximum absolute atomic E-state index is 13.6. The van der Waals surface area contributed by atoms with Crippen LogP contribution >= 0.6 is 0 Å². The van der Waals surface area contributed by atoms with Crippen LogP contribution in [0.25, 0.3) is 11.5 Å². The van der Waals surface area contributed by atoms with Crippen LogP contribution in [0.4, 0.5) is 4.39 Å². The van der Waals surface area contributed by atoms with E-state index in [0.29, 0.717) is 11.5 Å². The first-order valence-electron chi connectivity index (χ1n) is 5.18. The highest BCUT2D eigenvalue weighted by molar-refractivity contribution is 5.58. The highest BCUT2D eigenvalue weighted by atomic mass is 19.1. The van der Waals surface area contributed by atoms with Crippen molar-refractivity contribution in [2.24, 2.45) is 0 Å². The molecule has 16 heavy (non-hydrogen) atoms. The number of benzene rings is 1. The van der Waals surface area contributed by atoms with Crippen LogP contribution < -0.4 is 0 Å². The van der Waals surface area contributed by atoms with Gasteiger partial charge < -0.3 is 4.42 Å². The summed E-state index contributed by atoms with van der Waals surface area (Å²) < 4.78 is 19.0. The maximum Gasteiger partial charge on any atom is 0.250 e. The first-order valence-corrected chi connectivity index (χ1v) is 5.18. The van der Waals surface area contributed by atoms with E-state index in [-0.39, 0.29) is 17.6 Å². The fourth-order valence-corrected chi connectivity index (χ4v) is 1.47. The molecular formula is C12H13FN2O. The number of halogens is 1. The molecule has 4 heteroatoms. The van der Waals surface area contributed by atoms with Crippen molar-refractivity contribution >= 4 is 0 Å². The van der Waals surface area contributed by atoms with Gasteiger partial charge in [-0.1, -0.05) is 26.0 Å². The molecule has 0 aliphatic carbocycles. The minimum absolute atomic E-state index is 0.147. The Morgan fingerprint density at radius 3 is 2.56 bits per heavy atom. The molecule has 0 atom stereocenters. The Morgan fingerprint density at radius 2 is 2.00 bits per heavy atom. The van der Waals surface area contributed by atoms with Gasteiger partial charge in [0.2, 0.25) is 5.89 Å². The van der Waals surface area contributed by atoms with Gasteiger partial charge in [-0.2, -0.15) is 0 Å². The molecule has 0 aliphatic rings. The lowest BCUT2D eigenvalue weighted by Crippen LogP contribution is -1.88. The van der Waals surface area contributed by atoms with Gasteiger partial charge >= 0.3 is 0 Å². The molecule has 0 saturated heterocycles. The molecule has 1 heterocycles. The molecule has 3 nitrogen and oxygen atoms in total. The second kappa shape index (κ2) is 4.04. The fourth-order valence-electron chi connectivity index (χ4n) is 1.47. The average molecular weight is 220 g/mol. The molecule has 0 saturated carbocycles. The van der Waals surface area contributed by atoms with Crippen molar-refractivity contribution in [1.29, 1.82) is 0 Å². The number of aromatic nitrogens is 2. The third-order valence-corrected chi connectivity index (χ3v) is 2.37. The first-order chi connectivity index (χ1) is 7.59. The quantitative estimate of drug-likeness (QED) is 0.779. The second-order valence-corrected chi connectivity index (χ2v) is 4.03. The Bertz CT molecular complexity index is 485. The Kier molecular flexibility index (Phi) is 2.73. The number of aryl methyl sites for hydroxylation is 1. The fraction of sp³-hybridized carbons (Fsp3) is 0.333. The van der Waals surface area contributed by atoms with Crippen LogP contribution in [0.15, 0.2) is 22.6 Å². The highest BCUT2D eigenvalue weighted by Crippen LogP contribution is 2.26. The zero-order valence-corrected chi connectivity index (χ0v) is 9.49. The molecule has 0 aliphatic heterocycles. The van der Waals surface area contributed by atoms with Crippen LogP contribution in [0.1, 0.15) is 31.2 Å². The average Bonchev–Trinajstić information content (AvgIpc) is 2.66. The maximum atomic E-state index is 13.6. The summed E-state index contributed by atoms with van der Waals surface area (Å²) >= 11 is 0. The SMILES string of the molecule is Cc1cccc(F)c1-c1nnc(C(C)C)o1. The molecule has 1 aromatic heterocycles. The third kappa shape index (κ3) is 1.83. The van der Waals surface area contributed by atoms with Crippen molar-refractivity contribution in [3.05, 3.63) is 35.5 Å². The lowest BCUT2D eigenvalue weighted by Gasteiger charge is -2.01. The van der Waals surface area contributed by atoms with Gasteiger partial charge in [0, 0.05) is 5.92 Å². The topological polar surface area (TPSA) is 38.9 Å². The van der Waals surface area contributed by atoms with E-state index >= 15 is 0 Å². The Labute approximate surface area is 93.3 Å². The summed E-state index contributed by atoms with van der Waals surface area (Å²) in [5.74, 6) is 0.587. The Morgan fingerprint density at radius 1 is 1.25 bits per heavy atom. The van der Waals surface area contributed by atoms with Crippen LogP contribution in [0.3, 0.4) is 0 Å². The van der Waals surface area contributed by atoms with E-state index in [1.54, 1.807) is 6.07 Å². The van der Waals surface area contributed by atoms with Crippen LogP contribution in [0.5, 0.6) is 0 Å². The molecule has 2 rings (SSSR count). The van der Waals surface area contributed by atoms with E-state index in [1.165, 1.54) is 6.07 Å². The predicted octanol–water partition coefficient (Wildman–Crippen LogP) is 3.31. The molecule has 0 radical (unpaired) electrons. The zero-order chi connectivity index (χ0) is 11.7. The normalized spacial score (nSPS) is 11.1. The van der Waals surface area contributed by atoms with Crippen molar-refractivity contribution in [3.8, 4) is 11.5 Å². The van der Waals surface area contributed by atoms with Gasteiger partial charge in [-0.15, -0.1) is 10.2 Å². The van der Waals surface area contributed by atoms with Crippen LogP contribution in [-0.4, -0.2) is 10.2 Å². The summed E-state index contributed by atoms with van der Waals surface area (Å²) in [5.41, 5.74) is 1.18. The van der Waals surface area contributed by atoms with Crippen molar-refractivity contribution < 1.29 is 8.81 Å². The van der Waals surface area contributed by atoms with E-state index in [1.807, 2.05) is 26.8 Å². The lowest BCUT2D eigenvalue weighted by molar-refractivity contribution is 0.477. The summed E-state index contributed by atoms with van der Waals surface area (Å²) in [6.07, 6.45) is 0. The van der Waals surface area contributed by atoms with E-state index in [2.05, 4.69) is 10.2 Å². The zero-order valence-electron chi connectivity index (χ0n) is 9.49. The van der Waals surface area contributed by atoms with Gasteiger partial charge in [0.15, 0.2) is 0 Å². The van der Waals surface area contributed by atoms with E-state index in [0.717, 1.165) is 5.56 Å². The van der Waals surface area contributed by atoms with Gasteiger partial charge in [-0.05, 0) is 18.6 Å². The molecule has 0 bridgehead atoms. The summed E-state index contributed by atoms with van der Waals surface area (Å²) in [7, 11) is 0. The highest BCUT2D eigenvalue weighted by Gasteiger charge is 2.16. The third-order valence-electron chi connectivity index (χ3n) is 2.37. The molecule has 0 N–H and O–H groups in total. The summed E-state index contributed by atoms with van der Waals surface area (Å²) in [6, 6.07) is 4.87. The molecule has 0 spiro atoms. The van der Waals surface area contributed by atoms with Crippen molar-refractivity contribution in [3.63, 3.8) is 0 Å². The van der Waals surface area contributed by atoms with E-state index < -0.39 is 0 Å². The van der Waals surface area contributed by atoms with Crippen molar-refractivity contribution in [2.75, 3.05) is 0 Å². The lowest BCUT2D eigenvalue weighted by atomic mass is 10.1. The second-order valence-electron chi connectivity index (χ2n) is 4.03. The van der Waals surface area contributed by atoms with Gasteiger partial charge in [0.05, 0.1) is 5.56 Å². The first kappa shape index (κ1) is 10.8. The molecule has 84 valence electrons. The molecule has 0 amide bonds. The smallest absolute Gasteiger partial charge is 0.250 e. The Hall–Kier alpha value is -1.71. The van der Waals surface area contributed by atoms with Gasteiger partial charge in [0.1, 0.15) is 5.82 Å². The molecule has 1 aromatic carbocycles. The predicted molar refractivity (Wildman–Crippen MR) is 58.5 cm³/mol. The molecular weight excluding hydrogens is 207 g/mol. The van der Waals surface area contributed by atoms with Crippen molar-refractivity contribution in [1.82, 2.24) is 10.2 Å². The van der Waals surface area contributed by atoms with Crippen LogP contribution in [-0.2, 0) is 0 Å².